The summed E-state index contributed by atoms with van der Waals surface area (Å²) in [5.74, 6) is 2.01. The van der Waals surface area contributed by atoms with E-state index in [9.17, 15) is 13.2 Å². The van der Waals surface area contributed by atoms with Crippen LogP contribution in [0.1, 0.15) is 114 Å². The summed E-state index contributed by atoms with van der Waals surface area (Å²) in [5.41, 5.74) is 1.86. The van der Waals surface area contributed by atoms with Crippen molar-refractivity contribution >= 4 is 12.6 Å². The molecule has 0 aromatic carbocycles. The third-order valence-corrected chi connectivity index (χ3v) is 11.1. The molecule has 5 rings (SSSR count). The van der Waals surface area contributed by atoms with Crippen LogP contribution < -0.4 is 0 Å². The van der Waals surface area contributed by atoms with E-state index in [0.717, 1.165) is 50.9 Å². The lowest BCUT2D eigenvalue weighted by Crippen LogP contribution is -2.60. The number of alkyl halides is 3. The predicted octanol–water partition coefficient (Wildman–Crippen LogP) is 7.46. The largest absolute Gasteiger partial charge is 0.389 e. The van der Waals surface area contributed by atoms with E-state index in [0.29, 0.717) is 36.1 Å². The third kappa shape index (κ3) is 8.62. The van der Waals surface area contributed by atoms with Crippen LogP contribution in [-0.4, -0.2) is 84.2 Å². The van der Waals surface area contributed by atoms with Crippen molar-refractivity contribution in [3.05, 3.63) is 18.0 Å². The summed E-state index contributed by atoms with van der Waals surface area (Å²) >= 11 is 0. The maximum atomic E-state index is 12.7. The number of hydrogen-bond donors (Lipinski definition) is 0. The second-order valence-electron chi connectivity index (χ2n) is 14.1. The molecule has 4 fully saturated rings. The van der Waals surface area contributed by atoms with E-state index < -0.39 is 12.6 Å². The number of halogens is 3. The highest BCUT2D eigenvalue weighted by Gasteiger charge is 2.48. The fourth-order valence-corrected chi connectivity index (χ4v) is 8.25. The molecule has 1 unspecified atom stereocenters. The van der Waals surface area contributed by atoms with Crippen LogP contribution in [0.3, 0.4) is 0 Å². The van der Waals surface area contributed by atoms with Gasteiger partial charge >= 0.3 is 6.18 Å². The van der Waals surface area contributed by atoms with E-state index in [1.807, 2.05) is 14.0 Å². The maximum Gasteiger partial charge on any atom is 0.389 e. The molecule has 0 bridgehead atoms. The summed E-state index contributed by atoms with van der Waals surface area (Å²) in [7, 11) is 2.04. The van der Waals surface area contributed by atoms with Gasteiger partial charge in [0, 0.05) is 70.5 Å². The van der Waals surface area contributed by atoms with Gasteiger partial charge in [0.1, 0.15) is 5.84 Å². The Morgan fingerprint density at radius 2 is 1.84 bits per heavy atom. The second-order valence-corrected chi connectivity index (χ2v) is 14.1. The Kier molecular flexibility index (Phi) is 10.9. The van der Waals surface area contributed by atoms with E-state index in [1.54, 1.807) is 0 Å². The Labute approximate surface area is 256 Å². The highest BCUT2D eigenvalue weighted by atomic mass is 19.4. The first-order valence-electron chi connectivity index (χ1n) is 16.8. The molecule has 7 nitrogen and oxygen atoms in total. The van der Waals surface area contributed by atoms with Gasteiger partial charge in [-0.25, -0.2) is 0 Å². The van der Waals surface area contributed by atoms with Crippen molar-refractivity contribution < 1.29 is 17.9 Å². The Morgan fingerprint density at radius 3 is 2.47 bits per heavy atom. The molecular formula is C33H53F3N6O. The standard InChI is InChI=1S/C33H53F3N6O/c1-4-25(15-16-33(34,35)36)7-14-31(39-37-2)40(3)20-26-5-8-27(9-6-26)28-19-38-42(21-28)30-12-10-29(11-13-30)41-22-32(23-41)17-18-43-24-32/h19,21,25-27,29-30H,2,4-18,20,22-24H2,1,3H3/b39-31-. The van der Waals surface area contributed by atoms with Crippen LogP contribution in [0.4, 0.5) is 13.2 Å². The number of hydrogen-bond acceptors (Lipinski definition) is 5. The van der Waals surface area contributed by atoms with Gasteiger partial charge in [0.25, 0.3) is 0 Å². The summed E-state index contributed by atoms with van der Waals surface area (Å²) in [6, 6.07) is 1.26. The molecule has 4 aliphatic rings. The number of amidine groups is 1. The van der Waals surface area contributed by atoms with Gasteiger partial charge in [-0.2, -0.15) is 23.4 Å². The van der Waals surface area contributed by atoms with Crippen LogP contribution in [0.5, 0.6) is 0 Å². The lowest BCUT2D eigenvalue weighted by Gasteiger charge is -2.52. The molecule has 2 saturated heterocycles. The van der Waals surface area contributed by atoms with E-state index in [1.165, 1.54) is 63.6 Å². The highest BCUT2D eigenvalue weighted by molar-refractivity contribution is 5.82. The number of likely N-dealkylation sites (tertiary alicyclic amines) is 1. The number of rotatable bonds is 12. The minimum atomic E-state index is -4.09. The molecule has 0 amide bonds. The van der Waals surface area contributed by atoms with Gasteiger partial charge < -0.3 is 9.64 Å². The summed E-state index contributed by atoms with van der Waals surface area (Å²) < 4.78 is 46.1. The van der Waals surface area contributed by atoms with E-state index >= 15 is 0 Å². The highest BCUT2D eigenvalue weighted by Crippen LogP contribution is 2.43. The lowest BCUT2D eigenvalue weighted by atomic mass is 9.76. The van der Waals surface area contributed by atoms with Gasteiger partial charge in [0.2, 0.25) is 0 Å². The van der Waals surface area contributed by atoms with E-state index in [4.69, 9.17) is 9.84 Å². The van der Waals surface area contributed by atoms with Crippen LogP contribution in [0, 0.1) is 17.3 Å². The molecule has 2 aliphatic heterocycles. The zero-order chi connectivity index (χ0) is 30.5. The van der Waals surface area contributed by atoms with Crippen molar-refractivity contribution in [3.8, 4) is 0 Å². The Hall–Kier alpha value is -1.94. The summed E-state index contributed by atoms with van der Waals surface area (Å²) in [6.07, 6.45) is 12.8. The van der Waals surface area contributed by atoms with Gasteiger partial charge in [-0.05, 0) is 93.9 Å². The molecule has 0 N–H and O–H groups in total. The van der Waals surface area contributed by atoms with Gasteiger partial charge in [-0.1, -0.05) is 13.3 Å². The van der Waals surface area contributed by atoms with Crippen molar-refractivity contribution in [2.45, 2.75) is 121 Å². The van der Waals surface area contributed by atoms with Crippen molar-refractivity contribution in [3.63, 3.8) is 0 Å². The van der Waals surface area contributed by atoms with Gasteiger partial charge in [-0.15, -0.1) is 5.10 Å². The average molecular weight is 607 g/mol. The quantitative estimate of drug-likeness (QED) is 0.141. The number of ether oxygens (including phenoxy) is 1. The van der Waals surface area contributed by atoms with Crippen LogP contribution in [0.25, 0.3) is 0 Å². The molecule has 3 heterocycles. The molecule has 1 spiro atoms. The lowest BCUT2D eigenvalue weighted by molar-refractivity contribution is -0.137. The summed E-state index contributed by atoms with van der Waals surface area (Å²) in [4.78, 5) is 4.87. The molecule has 1 aromatic heterocycles. The van der Waals surface area contributed by atoms with Crippen LogP contribution in [0.2, 0.25) is 0 Å². The molecule has 1 atom stereocenters. The first kappa shape index (κ1) is 32.5. The molecule has 43 heavy (non-hydrogen) atoms. The van der Waals surface area contributed by atoms with Gasteiger partial charge in [-0.3, -0.25) is 9.58 Å². The number of nitrogens with zero attached hydrogens (tertiary/aromatic N) is 6. The Balaban J connectivity index is 1.03. The molecular weight excluding hydrogens is 553 g/mol. The zero-order valence-corrected chi connectivity index (χ0v) is 26.4. The minimum Gasteiger partial charge on any atom is -0.381 e. The van der Waals surface area contributed by atoms with Gasteiger partial charge in [0.05, 0.1) is 18.8 Å². The van der Waals surface area contributed by atoms with Crippen LogP contribution >= 0.6 is 0 Å². The first-order chi connectivity index (χ1) is 20.7. The van der Waals surface area contributed by atoms with Crippen molar-refractivity contribution in [2.24, 2.45) is 27.5 Å². The first-order valence-corrected chi connectivity index (χ1v) is 16.8. The average Bonchev–Trinajstić information content (AvgIpc) is 3.67. The van der Waals surface area contributed by atoms with E-state index in [-0.39, 0.29) is 12.3 Å². The number of aromatic nitrogens is 2. The van der Waals surface area contributed by atoms with E-state index in [2.05, 4.69) is 43.8 Å². The molecule has 2 aliphatic carbocycles. The summed E-state index contributed by atoms with van der Waals surface area (Å²) in [6.45, 7) is 10.8. The van der Waals surface area contributed by atoms with Crippen molar-refractivity contribution in [2.75, 3.05) is 39.9 Å². The minimum absolute atomic E-state index is 0.0385. The topological polar surface area (TPSA) is 58.2 Å². The maximum absolute atomic E-state index is 12.7. The monoisotopic (exact) mass is 606 g/mol. The Bertz CT molecular complexity index is 1040. The molecule has 0 radical (unpaired) electrons. The van der Waals surface area contributed by atoms with Crippen LogP contribution in [-0.2, 0) is 4.74 Å². The fraction of sp³-hybridized carbons (Fsp3) is 0.848. The molecule has 2 saturated carbocycles. The van der Waals surface area contributed by atoms with Crippen molar-refractivity contribution in [1.29, 1.82) is 0 Å². The van der Waals surface area contributed by atoms with Crippen LogP contribution in [0.15, 0.2) is 22.6 Å². The van der Waals surface area contributed by atoms with Crippen molar-refractivity contribution in [1.82, 2.24) is 19.6 Å². The normalized spacial score (nSPS) is 29.0. The fourth-order valence-electron chi connectivity index (χ4n) is 8.25. The third-order valence-electron chi connectivity index (χ3n) is 11.1. The Morgan fingerprint density at radius 1 is 1.12 bits per heavy atom. The molecule has 1 aromatic rings. The smallest absolute Gasteiger partial charge is 0.381 e. The zero-order valence-electron chi connectivity index (χ0n) is 26.4. The molecule has 10 heteroatoms. The van der Waals surface area contributed by atoms with Gasteiger partial charge in [0.15, 0.2) is 0 Å². The molecule has 242 valence electrons. The predicted molar refractivity (Wildman–Crippen MR) is 166 cm³/mol. The summed E-state index contributed by atoms with van der Waals surface area (Å²) in [5, 5.41) is 12.9. The second kappa shape index (κ2) is 14.4. The SMILES string of the molecule is C=N/N=C(/CCC(CC)CCC(F)(F)F)N(C)CC1CCC(c2cnn(C3CCC(N4CC5(CCOC5)C4)CC3)c2)CC1.